The van der Waals surface area contributed by atoms with Gasteiger partial charge in [0.05, 0.1) is 5.69 Å². The highest BCUT2D eigenvalue weighted by Crippen LogP contribution is 2.32. The summed E-state index contributed by atoms with van der Waals surface area (Å²) in [5, 5.41) is 0. The lowest BCUT2D eigenvalue weighted by Crippen LogP contribution is -2.10. The van der Waals surface area contributed by atoms with Gasteiger partial charge in [0.15, 0.2) is 6.29 Å². The average molecular weight is 239 g/mol. The van der Waals surface area contributed by atoms with Crippen LogP contribution in [0.2, 0.25) is 0 Å². The zero-order chi connectivity index (χ0) is 12.7. The first kappa shape index (κ1) is 11.3. The van der Waals surface area contributed by atoms with Gasteiger partial charge in [-0.05, 0) is 49.4 Å². The van der Waals surface area contributed by atoms with Crippen molar-refractivity contribution in [3.8, 4) is 0 Å². The van der Waals surface area contributed by atoms with Crippen LogP contribution in [0.15, 0.2) is 30.5 Å². The average Bonchev–Trinajstić information content (AvgIpc) is 2.91. The molecule has 1 aliphatic carbocycles. The van der Waals surface area contributed by atoms with Crippen molar-refractivity contribution in [3.63, 3.8) is 0 Å². The largest absolute Gasteiger partial charge is 0.341 e. The van der Waals surface area contributed by atoms with Crippen LogP contribution in [-0.2, 0) is 12.8 Å². The standard InChI is InChI=1S/C16H17NO/c1-11-3-4-13-7-15(8-14(13)5-11)17-9-12(2)6-16(17)10-18/h3-6,9-10,15H,7-8H2,1-2H3. The van der Waals surface area contributed by atoms with Crippen LogP contribution < -0.4 is 0 Å². The number of carbonyl (C=O) groups is 1. The normalized spacial score (nSPS) is 17.8. The second kappa shape index (κ2) is 4.13. The zero-order valence-electron chi connectivity index (χ0n) is 10.8. The second-order valence-corrected chi connectivity index (χ2v) is 5.30. The predicted molar refractivity (Wildman–Crippen MR) is 72.2 cm³/mol. The van der Waals surface area contributed by atoms with E-state index in [0.717, 1.165) is 30.4 Å². The Hall–Kier alpha value is -1.83. The van der Waals surface area contributed by atoms with Crippen LogP contribution in [0.1, 0.15) is 38.8 Å². The number of rotatable bonds is 2. The Kier molecular flexibility index (Phi) is 2.58. The molecule has 0 N–H and O–H groups in total. The molecule has 18 heavy (non-hydrogen) atoms. The van der Waals surface area contributed by atoms with E-state index in [1.807, 2.05) is 13.0 Å². The second-order valence-electron chi connectivity index (χ2n) is 5.30. The molecule has 0 radical (unpaired) electrons. The minimum Gasteiger partial charge on any atom is -0.341 e. The summed E-state index contributed by atoms with van der Waals surface area (Å²) >= 11 is 0. The molecule has 2 aromatic rings. The van der Waals surface area contributed by atoms with Crippen LogP contribution in [-0.4, -0.2) is 10.9 Å². The molecule has 1 aromatic heterocycles. The Morgan fingerprint density at radius 3 is 2.67 bits per heavy atom. The predicted octanol–water partition coefficient (Wildman–Crippen LogP) is 3.26. The number of carbonyl (C=O) groups excluding carboxylic acids is 1. The van der Waals surface area contributed by atoms with E-state index < -0.39 is 0 Å². The molecule has 0 bridgehead atoms. The van der Waals surface area contributed by atoms with Crippen LogP contribution in [0.5, 0.6) is 0 Å². The Balaban J connectivity index is 1.95. The number of aryl methyl sites for hydroxylation is 2. The van der Waals surface area contributed by atoms with Gasteiger partial charge in [0.25, 0.3) is 0 Å². The van der Waals surface area contributed by atoms with Gasteiger partial charge in [-0.1, -0.05) is 23.8 Å². The number of aromatic nitrogens is 1. The summed E-state index contributed by atoms with van der Waals surface area (Å²) < 4.78 is 2.14. The maximum atomic E-state index is 11.1. The summed E-state index contributed by atoms with van der Waals surface area (Å²) in [6.45, 7) is 4.17. The first-order valence-corrected chi connectivity index (χ1v) is 6.39. The van der Waals surface area contributed by atoms with Gasteiger partial charge >= 0.3 is 0 Å². The van der Waals surface area contributed by atoms with Crippen molar-refractivity contribution in [3.05, 3.63) is 58.4 Å². The molecule has 92 valence electrons. The molecule has 0 aliphatic heterocycles. The molecule has 1 aromatic carbocycles. The van der Waals surface area contributed by atoms with Crippen molar-refractivity contribution in [1.29, 1.82) is 0 Å². The molecular formula is C16H17NO. The van der Waals surface area contributed by atoms with Crippen molar-refractivity contribution in [2.24, 2.45) is 0 Å². The number of nitrogens with zero attached hydrogens (tertiary/aromatic N) is 1. The summed E-state index contributed by atoms with van der Waals surface area (Å²) in [5.41, 5.74) is 6.12. The van der Waals surface area contributed by atoms with E-state index in [4.69, 9.17) is 0 Å². The third-order valence-corrected chi connectivity index (χ3v) is 3.80. The van der Waals surface area contributed by atoms with Crippen LogP contribution in [0.25, 0.3) is 0 Å². The summed E-state index contributed by atoms with van der Waals surface area (Å²) in [4.78, 5) is 11.1. The highest BCUT2D eigenvalue weighted by molar-refractivity contribution is 5.73. The van der Waals surface area contributed by atoms with E-state index in [-0.39, 0.29) is 0 Å². The van der Waals surface area contributed by atoms with Gasteiger partial charge in [0, 0.05) is 12.2 Å². The molecule has 0 spiro atoms. The fourth-order valence-corrected chi connectivity index (χ4v) is 2.97. The van der Waals surface area contributed by atoms with Crippen molar-refractivity contribution in [1.82, 2.24) is 4.57 Å². The highest BCUT2D eigenvalue weighted by Gasteiger charge is 2.24. The number of hydrogen-bond donors (Lipinski definition) is 0. The van der Waals surface area contributed by atoms with Gasteiger partial charge in [-0.2, -0.15) is 0 Å². The summed E-state index contributed by atoms with van der Waals surface area (Å²) in [6.07, 6.45) is 5.12. The SMILES string of the molecule is Cc1ccc2c(c1)CC(n1cc(C)cc1C=O)C2. The van der Waals surface area contributed by atoms with Crippen molar-refractivity contribution >= 4 is 6.29 Å². The Labute approximate surface area is 107 Å². The van der Waals surface area contributed by atoms with Gasteiger partial charge in [-0.3, -0.25) is 4.79 Å². The van der Waals surface area contributed by atoms with E-state index in [1.165, 1.54) is 16.7 Å². The number of benzene rings is 1. The molecule has 1 unspecified atom stereocenters. The van der Waals surface area contributed by atoms with E-state index in [1.54, 1.807) is 0 Å². The fourth-order valence-electron chi connectivity index (χ4n) is 2.97. The lowest BCUT2D eigenvalue weighted by molar-refractivity contribution is 0.111. The molecular weight excluding hydrogens is 222 g/mol. The molecule has 0 amide bonds. The molecule has 1 aliphatic rings. The van der Waals surface area contributed by atoms with Crippen LogP contribution in [0.3, 0.4) is 0 Å². The van der Waals surface area contributed by atoms with Crippen LogP contribution >= 0.6 is 0 Å². The molecule has 2 heteroatoms. The Morgan fingerprint density at radius 2 is 1.89 bits per heavy atom. The molecule has 0 saturated heterocycles. The first-order valence-electron chi connectivity index (χ1n) is 6.39. The molecule has 2 nitrogen and oxygen atoms in total. The van der Waals surface area contributed by atoms with Gasteiger partial charge in [-0.25, -0.2) is 0 Å². The highest BCUT2D eigenvalue weighted by atomic mass is 16.1. The van der Waals surface area contributed by atoms with Crippen LogP contribution in [0.4, 0.5) is 0 Å². The van der Waals surface area contributed by atoms with Gasteiger partial charge in [-0.15, -0.1) is 0 Å². The van der Waals surface area contributed by atoms with E-state index in [9.17, 15) is 4.79 Å². The number of hydrogen-bond acceptors (Lipinski definition) is 1. The summed E-state index contributed by atoms with van der Waals surface area (Å²) in [6, 6.07) is 9.02. The smallest absolute Gasteiger partial charge is 0.166 e. The van der Waals surface area contributed by atoms with E-state index in [2.05, 4.69) is 35.9 Å². The maximum Gasteiger partial charge on any atom is 0.166 e. The zero-order valence-corrected chi connectivity index (χ0v) is 10.8. The fraction of sp³-hybridized carbons (Fsp3) is 0.312. The third kappa shape index (κ3) is 1.78. The summed E-state index contributed by atoms with van der Waals surface area (Å²) in [5.74, 6) is 0. The quantitative estimate of drug-likeness (QED) is 0.737. The van der Waals surface area contributed by atoms with E-state index in [0.29, 0.717) is 6.04 Å². The molecule has 0 saturated carbocycles. The molecule has 3 rings (SSSR count). The van der Waals surface area contributed by atoms with Crippen molar-refractivity contribution in [2.75, 3.05) is 0 Å². The Bertz CT molecular complexity index is 610. The number of aldehydes is 1. The maximum absolute atomic E-state index is 11.1. The third-order valence-electron chi connectivity index (χ3n) is 3.80. The van der Waals surface area contributed by atoms with Gasteiger partial charge in [0.1, 0.15) is 0 Å². The first-order chi connectivity index (χ1) is 8.67. The Morgan fingerprint density at radius 1 is 1.11 bits per heavy atom. The molecule has 1 heterocycles. The van der Waals surface area contributed by atoms with Gasteiger partial charge < -0.3 is 4.57 Å². The summed E-state index contributed by atoms with van der Waals surface area (Å²) in [7, 11) is 0. The number of fused-ring (bicyclic) bond motifs is 1. The molecule has 1 atom stereocenters. The lowest BCUT2D eigenvalue weighted by atomic mass is 10.1. The van der Waals surface area contributed by atoms with E-state index >= 15 is 0 Å². The monoisotopic (exact) mass is 239 g/mol. The van der Waals surface area contributed by atoms with Gasteiger partial charge in [0.2, 0.25) is 0 Å². The minimum absolute atomic E-state index is 0.399. The minimum atomic E-state index is 0.399. The molecule has 0 fully saturated rings. The van der Waals surface area contributed by atoms with Crippen molar-refractivity contribution in [2.45, 2.75) is 32.7 Å². The van der Waals surface area contributed by atoms with Crippen molar-refractivity contribution < 1.29 is 4.79 Å². The van der Waals surface area contributed by atoms with Crippen LogP contribution in [0, 0.1) is 13.8 Å². The lowest BCUT2D eigenvalue weighted by Gasteiger charge is -2.13. The topological polar surface area (TPSA) is 22.0 Å².